The molecule has 1 aliphatic heterocycles. The Labute approximate surface area is 147 Å². The van der Waals surface area contributed by atoms with Crippen LogP contribution in [-0.4, -0.2) is 31.8 Å². The van der Waals surface area contributed by atoms with Gasteiger partial charge in [0.25, 0.3) is 0 Å². The van der Waals surface area contributed by atoms with Crippen molar-refractivity contribution < 1.29 is 4.74 Å². The third-order valence-corrected chi connectivity index (χ3v) is 5.42. The second kappa shape index (κ2) is 8.48. The minimum atomic E-state index is 0. The molecule has 3 atom stereocenters. The molecule has 1 aromatic rings. The highest BCUT2D eigenvalue weighted by atomic mass is 35.5. The monoisotopic (exact) mass is 338 g/mol. The minimum absolute atomic E-state index is 0. The molecule has 2 N–H and O–H groups in total. The van der Waals surface area contributed by atoms with Crippen LogP contribution in [-0.2, 0) is 11.3 Å². The van der Waals surface area contributed by atoms with E-state index in [-0.39, 0.29) is 12.4 Å². The van der Waals surface area contributed by atoms with E-state index in [9.17, 15) is 0 Å². The Kier molecular flexibility index (Phi) is 6.90. The second-order valence-corrected chi connectivity index (χ2v) is 7.09. The zero-order valence-corrected chi connectivity index (χ0v) is 15.5. The highest BCUT2D eigenvalue weighted by Gasteiger charge is 2.34. The maximum Gasteiger partial charge on any atom is 0.0623 e. The maximum atomic E-state index is 5.67. The molecule has 1 aliphatic carbocycles. The Morgan fingerprint density at radius 2 is 1.91 bits per heavy atom. The predicted molar refractivity (Wildman–Crippen MR) is 98.5 cm³/mol. The zero-order chi connectivity index (χ0) is 15.5. The summed E-state index contributed by atoms with van der Waals surface area (Å²) in [5.74, 6) is 0.714. The van der Waals surface area contributed by atoms with E-state index in [0.717, 1.165) is 26.3 Å². The van der Waals surface area contributed by atoms with Crippen LogP contribution in [0, 0.1) is 26.7 Å². The molecule has 0 bridgehead atoms. The van der Waals surface area contributed by atoms with Gasteiger partial charge < -0.3 is 15.4 Å². The van der Waals surface area contributed by atoms with Gasteiger partial charge in [-0.05, 0) is 56.2 Å². The van der Waals surface area contributed by atoms with Crippen LogP contribution in [0.1, 0.15) is 41.5 Å². The van der Waals surface area contributed by atoms with Crippen LogP contribution < -0.4 is 10.6 Å². The van der Waals surface area contributed by atoms with E-state index >= 15 is 0 Å². The molecule has 130 valence electrons. The summed E-state index contributed by atoms with van der Waals surface area (Å²) in [6, 6.07) is 5.76. The first-order valence-electron chi connectivity index (χ1n) is 8.76. The van der Waals surface area contributed by atoms with Crippen molar-refractivity contribution >= 4 is 12.4 Å². The second-order valence-electron chi connectivity index (χ2n) is 7.09. The van der Waals surface area contributed by atoms with Crippen LogP contribution in [0.5, 0.6) is 0 Å². The summed E-state index contributed by atoms with van der Waals surface area (Å²) in [7, 11) is 0. The van der Waals surface area contributed by atoms with Crippen molar-refractivity contribution in [2.24, 2.45) is 5.92 Å². The molecule has 4 heteroatoms. The minimum Gasteiger partial charge on any atom is -0.379 e. The summed E-state index contributed by atoms with van der Waals surface area (Å²) < 4.78 is 5.67. The van der Waals surface area contributed by atoms with Gasteiger partial charge in [0.05, 0.1) is 13.2 Å². The first-order valence-corrected chi connectivity index (χ1v) is 8.76. The molecule has 1 heterocycles. The molecular formula is C19H31ClN2O. The smallest absolute Gasteiger partial charge is 0.0623 e. The summed E-state index contributed by atoms with van der Waals surface area (Å²) in [5.41, 5.74) is 5.67. The Hall–Kier alpha value is -0.610. The molecule has 0 amide bonds. The summed E-state index contributed by atoms with van der Waals surface area (Å²) in [5, 5.41) is 7.51. The van der Waals surface area contributed by atoms with Crippen LogP contribution >= 0.6 is 12.4 Å². The summed E-state index contributed by atoms with van der Waals surface area (Å²) in [6.07, 6.45) is 3.96. The third-order valence-electron chi connectivity index (χ3n) is 5.42. The SMILES string of the molecule is Cc1cc(C)c(CNC2CCCC2C2COCCN2)c(C)c1.Cl. The van der Waals surface area contributed by atoms with E-state index in [1.807, 2.05) is 0 Å². The topological polar surface area (TPSA) is 33.3 Å². The van der Waals surface area contributed by atoms with Gasteiger partial charge >= 0.3 is 0 Å². The highest BCUT2D eigenvalue weighted by molar-refractivity contribution is 5.85. The van der Waals surface area contributed by atoms with Gasteiger partial charge in [-0.1, -0.05) is 24.1 Å². The lowest BCUT2D eigenvalue weighted by molar-refractivity contribution is 0.0524. The Balaban J connectivity index is 0.00000192. The van der Waals surface area contributed by atoms with Gasteiger partial charge in [-0.2, -0.15) is 0 Å². The lowest BCUT2D eigenvalue weighted by Gasteiger charge is -2.33. The average molecular weight is 339 g/mol. The lowest BCUT2D eigenvalue weighted by Crippen LogP contribution is -2.50. The fourth-order valence-corrected chi connectivity index (χ4v) is 4.31. The van der Waals surface area contributed by atoms with Gasteiger partial charge in [0, 0.05) is 25.2 Å². The molecule has 23 heavy (non-hydrogen) atoms. The van der Waals surface area contributed by atoms with Crippen molar-refractivity contribution in [3.05, 3.63) is 34.4 Å². The summed E-state index contributed by atoms with van der Waals surface area (Å²) in [6.45, 7) is 10.4. The average Bonchev–Trinajstić information content (AvgIpc) is 2.95. The van der Waals surface area contributed by atoms with Crippen molar-refractivity contribution in [3.8, 4) is 0 Å². The number of morpholine rings is 1. The van der Waals surface area contributed by atoms with E-state index in [2.05, 4.69) is 43.5 Å². The number of benzene rings is 1. The number of ether oxygens (including phenoxy) is 1. The molecule has 1 saturated heterocycles. The van der Waals surface area contributed by atoms with Crippen molar-refractivity contribution in [2.75, 3.05) is 19.8 Å². The Morgan fingerprint density at radius 3 is 2.57 bits per heavy atom. The van der Waals surface area contributed by atoms with Gasteiger partial charge in [0.2, 0.25) is 0 Å². The molecule has 0 radical (unpaired) electrons. The third kappa shape index (κ3) is 4.48. The fourth-order valence-electron chi connectivity index (χ4n) is 4.31. The maximum absolute atomic E-state index is 5.67. The fraction of sp³-hybridized carbons (Fsp3) is 0.684. The molecule has 3 nitrogen and oxygen atoms in total. The van der Waals surface area contributed by atoms with Crippen LogP contribution in [0.25, 0.3) is 0 Å². The Morgan fingerprint density at radius 1 is 1.17 bits per heavy atom. The highest BCUT2D eigenvalue weighted by Crippen LogP contribution is 2.30. The van der Waals surface area contributed by atoms with Gasteiger partial charge in [-0.25, -0.2) is 0 Å². The number of rotatable bonds is 4. The molecule has 0 spiro atoms. The van der Waals surface area contributed by atoms with Gasteiger partial charge in [0.1, 0.15) is 0 Å². The summed E-state index contributed by atoms with van der Waals surface area (Å²) >= 11 is 0. The lowest BCUT2D eigenvalue weighted by atomic mass is 9.93. The standard InChI is InChI=1S/C19H30N2O.ClH/c1-13-9-14(2)17(15(3)10-13)11-21-18-6-4-5-16(18)19-12-22-8-7-20-19;/h9-10,16,18-21H,4-8,11-12H2,1-3H3;1H. The number of hydrogen-bond acceptors (Lipinski definition) is 3. The predicted octanol–water partition coefficient (Wildman–Crippen LogP) is 3.28. The quantitative estimate of drug-likeness (QED) is 0.884. The van der Waals surface area contributed by atoms with Crippen LogP contribution in [0.3, 0.4) is 0 Å². The molecule has 1 saturated carbocycles. The molecular weight excluding hydrogens is 308 g/mol. The number of nitrogens with one attached hydrogen (secondary N) is 2. The molecule has 0 aromatic heterocycles. The van der Waals surface area contributed by atoms with Crippen molar-refractivity contribution in [1.82, 2.24) is 10.6 Å². The van der Waals surface area contributed by atoms with E-state index in [1.165, 1.54) is 41.5 Å². The molecule has 3 rings (SSSR count). The summed E-state index contributed by atoms with van der Waals surface area (Å²) in [4.78, 5) is 0. The van der Waals surface area contributed by atoms with Crippen molar-refractivity contribution in [1.29, 1.82) is 0 Å². The van der Waals surface area contributed by atoms with Gasteiger partial charge in [0.15, 0.2) is 0 Å². The molecule has 2 aliphatic rings. The molecule has 3 unspecified atom stereocenters. The van der Waals surface area contributed by atoms with Crippen molar-refractivity contribution in [3.63, 3.8) is 0 Å². The number of aryl methyl sites for hydroxylation is 3. The molecule has 2 fully saturated rings. The van der Waals surface area contributed by atoms with Crippen LogP contribution in [0.2, 0.25) is 0 Å². The number of hydrogen-bond donors (Lipinski definition) is 2. The van der Waals surface area contributed by atoms with Crippen LogP contribution in [0.4, 0.5) is 0 Å². The largest absolute Gasteiger partial charge is 0.379 e. The van der Waals surface area contributed by atoms with Gasteiger partial charge in [-0.15, -0.1) is 12.4 Å². The van der Waals surface area contributed by atoms with E-state index in [0.29, 0.717) is 18.0 Å². The Bertz CT molecular complexity index is 491. The first kappa shape index (κ1) is 18.7. The van der Waals surface area contributed by atoms with Gasteiger partial charge in [-0.3, -0.25) is 0 Å². The molecule has 1 aromatic carbocycles. The van der Waals surface area contributed by atoms with E-state index < -0.39 is 0 Å². The van der Waals surface area contributed by atoms with E-state index in [1.54, 1.807) is 0 Å². The number of halogens is 1. The van der Waals surface area contributed by atoms with Crippen LogP contribution in [0.15, 0.2) is 12.1 Å². The zero-order valence-electron chi connectivity index (χ0n) is 14.7. The van der Waals surface area contributed by atoms with Crippen molar-refractivity contribution in [2.45, 2.75) is 58.7 Å². The normalized spacial score (nSPS) is 27.7. The first-order chi connectivity index (χ1) is 10.6. The van der Waals surface area contributed by atoms with E-state index in [4.69, 9.17) is 4.74 Å².